The van der Waals surface area contributed by atoms with Gasteiger partial charge < -0.3 is 28.4 Å². The van der Waals surface area contributed by atoms with Gasteiger partial charge in [-0.05, 0) is 41.5 Å². The molecule has 3 fully saturated rings. The zero-order chi connectivity index (χ0) is 15.4. The third-order valence-electron chi connectivity index (χ3n) is 3.84. The molecule has 0 aliphatic carbocycles. The molecule has 6 nitrogen and oxygen atoms in total. The molecular weight excluding hydrogens is 276 g/mol. The lowest BCUT2D eigenvalue weighted by Gasteiger charge is -2.37. The maximum Gasteiger partial charge on any atom is 0.190 e. The predicted octanol–water partition coefficient (Wildman–Crippen LogP) is 1.81. The van der Waals surface area contributed by atoms with Gasteiger partial charge in [0.2, 0.25) is 0 Å². The quantitative estimate of drug-likeness (QED) is 0.792. The van der Waals surface area contributed by atoms with Crippen molar-refractivity contribution >= 4 is 0 Å². The van der Waals surface area contributed by atoms with Gasteiger partial charge in [0.25, 0.3) is 0 Å². The van der Waals surface area contributed by atoms with E-state index < -0.39 is 17.9 Å². The van der Waals surface area contributed by atoms with Gasteiger partial charge in [-0.25, -0.2) is 0 Å². The van der Waals surface area contributed by atoms with Gasteiger partial charge in [0.1, 0.15) is 24.4 Å². The lowest BCUT2D eigenvalue weighted by Crippen LogP contribution is -2.56. The summed E-state index contributed by atoms with van der Waals surface area (Å²) in [5.74, 6) is -1.33. The minimum atomic E-state index is -0.677. The van der Waals surface area contributed by atoms with E-state index in [-0.39, 0.29) is 30.5 Å². The summed E-state index contributed by atoms with van der Waals surface area (Å²) in [6, 6.07) is 0. The molecule has 5 unspecified atom stereocenters. The highest BCUT2D eigenvalue weighted by atomic mass is 16.9. The van der Waals surface area contributed by atoms with Gasteiger partial charge in [-0.3, -0.25) is 0 Å². The molecule has 5 atom stereocenters. The molecule has 0 aromatic heterocycles. The average Bonchev–Trinajstić information content (AvgIpc) is 2.80. The Labute approximate surface area is 126 Å². The fourth-order valence-corrected chi connectivity index (χ4v) is 3.11. The molecule has 0 saturated carbocycles. The van der Waals surface area contributed by atoms with E-state index in [0.717, 1.165) is 0 Å². The molecule has 21 heavy (non-hydrogen) atoms. The fourth-order valence-electron chi connectivity index (χ4n) is 3.11. The van der Waals surface area contributed by atoms with Crippen molar-refractivity contribution in [1.29, 1.82) is 0 Å². The van der Waals surface area contributed by atoms with Crippen LogP contribution in [0.1, 0.15) is 41.5 Å². The molecule has 0 amide bonds. The molecule has 3 aliphatic heterocycles. The van der Waals surface area contributed by atoms with E-state index in [1.165, 1.54) is 0 Å². The van der Waals surface area contributed by atoms with Gasteiger partial charge >= 0.3 is 0 Å². The van der Waals surface area contributed by atoms with Crippen molar-refractivity contribution < 1.29 is 28.4 Å². The van der Waals surface area contributed by atoms with Gasteiger partial charge in [0.05, 0.1) is 12.7 Å². The zero-order valence-electron chi connectivity index (χ0n) is 13.6. The Balaban J connectivity index is 1.78. The molecule has 3 aliphatic rings. The third-order valence-corrected chi connectivity index (χ3v) is 3.84. The number of fused-ring (bicyclic) bond motifs is 3. The summed E-state index contributed by atoms with van der Waals surface area (Å²) in [5, 5.41) is 0. The molecule has 0 radical (unpaired) electrons. The Morgan fingerprint density at radius 1 is 0.857 bits per heavy atom. The summed E-state index contributed by atoms with van der Waals surface area (Å²) in [6.45, 7) is 12.0. The summed E-state index contributed by atoms with van der Waals surface area (Å²) in [4.78, 5) is 0. The molecule has 0 bridgehead atoms. The third kappa shape index (κ3) is 3.11. The van der Waals surface area contributed by atoms with E-state index in [9.17, 15) is 0 Å². The van der Waals surface area contributed by atoms with Gasteiger partial charge in [-0.2, -0.15) is 0 Å². The maximum atomic E-state index is 6.03. The second-order valence-corrected chi connectivity index (χ2v) is 7.09. The summed E-state index contributed by atoms with van der Waals surface area (Å²) in [5.41, 5.74) is 0. The minimum Gasteiger partial charge on any atom is -0.376 e. The number of hydrogen-bond donors (Lipinski definition) is 0. The monoisotopic (exact) mass is 302 g/mol. The molecule has 6 heteroatoms. The molecule has 0 N–H and O–H groups in total. The number of hydrogen-bond acceptors (Lipinski definition) is 6. The Hall–Kier alpha value is -0.240. The normalized spacial score (nSPS) is 43.9. The Bertz CT molecular complexity index is 394. The van der Waals surface area contributed by atoms with E-state index in [4.69, 9.17) is 28.4 Å². The van der Waals surface area contributed by atoms with E-state index >= 15 is 0 Å². The van der Waals surface area contributed by atoms with Crippen molar-refractivity contribution in [3.05, 3.63) is 0 Å². The van der Waals surface area contributed by atoms with Crippen LogP contribution in [0.5, 0.6) is 0 Å². The van der Waals surface area contributed by atoms with Crippen LogP contribution in [-0.2, 0) is 28.4 Å². The van der Waals surface area contributed by atoms with Crippen LogP contribution in [0.2, 0.25) is 0 Å². The van der Waals surface area contributed by atoms with Crippen LogP contribution in [0.3, 0.4) is 0 Å². The minimum absolute atomic E-state index is 0.136. The Kier molecular flexibility index (Phi) is 3.83. The first-order valence-corrected chi connectivity index (χ1v) is 7.65. The lowest BCUT2D eigenvalue weighted by atomic mass is 9.99. The number of rotatable bonds is 3. The van der Waals surface area contributed by atoms with Crippen LogP contribution in [0, 0.1) is 0 Å². The van der Waals surface area contributed by atoms with Gasteiger partial charge in [-0.1, -0.05) is 0 Å². The van der Waals surface area contributed by atoms with Crippen molar-refractivity contribution in [2.45, 2.75) is 89.9 Å². The first kappa shape index (κ1) is 15.6. The van der Waals surface area contributed by atoms with Gasteiger partial charge in [0.15, 0.2) is 17.9 Å². The predicted molar refractivity (Wildman–Crippen MR) is 73.6 cm³/mol. The smallest absolute Gasteiger partial charge is 0.190 e. The summed E-state index contributed by atoms with van der Waals surface area (Å²) in [6.07, 6.45) is -1.23. The summed E-state index contributed by atoms with van der Waals surface area (Å²) < 4.78 is 35.5. The van der Waals surface area contributed by atoms with Crippen molar-refractivity contribution in [1.82, 2.24) is 0 Å². The standard InChI is InChI=1S/C15H26O6/c1-8(2)16-7-9-10-11(19-14(3,4)18-10)12-13(17-9)21-15(5,6)20-12/h8-13H,7H2,1-6H3. The van der Waals surface area contributed by atoms with Crippen LogP contribution in [0.4, 0.5) is 0 Å². The highest BCUT2D eigenvalue weighted by Gasteiger charge is 2.60. The van der Waals surface area contributed by atoms with Crippen molar-refractivity contribution in [3.8, 4) is 0 Å². The maximum absolute atomic E-state index is 6.03. The van der Waals surface area contributed by atoms with Crippen LogP contribution in [0.25, 0.3) is 0 Å². The van der Waals surface area contributed by atoms with E-state index in [2.05, 4.69) is 0 Å². The SMILES string of the molecule is CC(C)OCC1OC2OC(C)(C)OC2C2OC(C)(C)OC12. The molecular formula is C15H26O6. The highest BCUT2D eigenvalue weighted by Crippen LogP contribution is 2.44. The lowest BCUT2D eigenvalue weighted by molar-refractivity contribution is -0.244. The van der Waals surface area contributed by atoms with E-state index in [0.29, 0.717) is 6.61 Å². The molecule has 122 valence electrons. The average molecular weight is 302 g/mol. The van der Waals surface area contributed by atoms with Crippen LogP contribution in [0.15, 0.2) is 0 Å². The second kappa shape index (κ2) is 5.15. The fraction of sp³-hybridized carbons (Fsp3) is 1.00. The Morgan fingerprint density at radius 2 is 1.43 bits per heavy atom. The molecule has 3 saturated heterocycles. The largest absolute Gasteiger partial charge is 0.376 e. The molecule has 3 rings (SSSR count). The van der Waals surface area contributed by atoms with Crippen LogP contribution < -0.4 is 0 Å². The Morgan fingerprint density at radius 3 is 2.10 bits per heavy atom. The topological polar surface area (TPSA) is 55.4 Å². The summed E-state index contributed by atoms with van der Waals surface area (Å²) in [7, 11) is 0. The zero-order valence-corrected chi connectivity index (χ0v) is 13.6. The molecule has 3 heterocycles. The van der Waals surface area contributed by atoms with Crippen molar-refractivity contribution in [3.63, 3.8) is 0 Å². The van der Waals surface area contributed by atoms with Crippen LogP contribution in [-0.4, -0.2) is 55.0 Å². The second-order valence-electron chi connectivity index (χ2n) is 7.09. The van der Waals surface area contributed by atoms with E-state index in [1.807, 2.05) is 41.5 Å². The molecule has 0 aromatic carbocycles. The first-order chi connectivity index (χ1) is 9.67. The number of ether oxygens (including phenoxy) is 6. The molecule has 0 aromatic rings. The van der Waals surface area contributed by atoms with Crippen molar-refractivity contribution in [2.24, 2.45) is 0 Å². The van der Waals surface area contributed by atoms with Crippen molar-refractivity contribution in [2.75, 3.05) is 6.61 Å². The van der Waals surface area contributed by atoms with Gasteiger partial charge in [-0.15, -0.1) is 0 Å². The summed E-state index contributed by atoms with van der Waals surface area (Å²) >= 11 is 0. The van der Waals surface area contributed by atoms with Gasteiger partial charge in [0, 0.05) is 0 Å². The first-order valence-electron chi connectivity index (χ1n) is 7.65. The molecule has 0 spiro atoms. The highest BCUT2D eigenvalue weighted by molar-refractivity contribution is 5.00. The van der Waals surface area contributed by atoms with Crippen LogP contribution >= 0.6 is 0 Å². The van der Waals surface area contributed by atoms with E-state index in [1.54, 1.807) is 0 Å².